The molecule has 6 nitrogen and oxygen atoms in total. The van der Waals surface area contributed by atoms with E-state index in [1.807, 2.05) is 24.5 Å². The minimum absolute atomic E-state index is 0.115. The molecule has 1 fully saturated rings. The molecule has 130 valence electrons. The molecule has 25 heavy (non-hydrogen) atoms. The third-order valence-electron chi connectivity index (χ3n) is 4.96. The lowest BCUT2D eigenvalue weighted by Gasteiger charge is -2.27. The van der Waals surface area contributed by atoms with E-state index in [1.165, 1.54) is 29.7 Å². The summed E-state index contributed by atoms with van der Waals surface area (Å²) in [6, 6.07) is 6.14. The van der Waals surface area contributed by atoms with E-state index >= 15 is 0 Å². The van der Waals surface area contributed by atoms with E-state index in [2.05, 4.69) is 20.6 Å². The number of hydrogen-bond donors (Lipinski definition) is 0. The summed E-state index contributed by atoms with van der Waals surface area (Å²) in [6.45, 7) is 4.40. The van der Waals surface area contributed by atoms with Crippen LogP contribution in [0.15, 0.2) is 24.5 Å². The summed E-state index contributed by atoms with van der Waals surface area (Å²) in [6.07, 6.45) is 7.41. The van der Waals surface area contributed by atoms with Gasteiger partial charge in [0.15, 0.2) is 0 Å². The maximum absolute atomic E-state index is 8.71. The minimum atomic E-state index is 0.115. The van der Waals surface area contributed by atoms with Crippen LogP contribution in [0.1, 0.15) is 35.4 Å². The summed E-state index contributed by atoms with van der Waals surface area (Å²) in [5.41, 5.74) is 4.90. The van der Waals surface area contributed by atoms with Gasteiger partial charge in [0.2, 0.25) is 0 Å². The topological polar surface area (TPSA) is 67.0 Å². The van der Waals surface area contributed by atoms with Crippen LogP contribution in [0.3, 0.4) is 0 Å². The lowest BCUT2D eigenvalue weighted by Crippen LogP contribution is -2.31. The summed E-state index contributed by atoms with van der Waals surface area (Å²) in [5, 5.41) is 13.5. The number of nitrogens with zero attached hydrogens (tertiary/aromatic N) is 5. The Morgan fingerprint density at radius 1 is 1.36 bits per heavy atom. The summed E-state index contributed by atoms with van der Waals surface area (Å²) in [4.78, 5) is 6.65. The highest BCUT2D eigenvalue weighted by atomic mass is 16.5. The Balaban J connectivity index is 1.51. The maximum Gasteiger partial charge on any atom is 0.134 e. The molecule has 1 aliphatic heterocycles. The molecular formula is C19H23N5O. The van der Waals surface area contributed by atoms with E-state index in [0.717, 1.165) is 44.2 Å². The van der Waals surface area contributed by atoms with Crippen molar-refractivity contribution >= 4 is 0 Å². The molecule has 0 unspecified atom stereocenters. The zero-order chi connectivity index (χ0) is 17.1. The van der Waals surface area contributed by atoms with Crippen molar-refractivity contribution in [3.8, 4) is 6.07 Å². The molecule has 0 radical (unpaired) electrons. The van der Waals surface area contributed by atoms with Crippen LogP contribution in [-0.2, 0) is 37.4 Å². The molecule has 0 aromatic carbocycles. The Morgan fingerprint density at radius 3 is 3.04 bits per heavy atom. The largest absolute Gasteiger partial charge is 0.360 e. The van der Waals surface area contributed by atoms with Crippen LogP contribution in [0.25, 0.3) is 0 Å². The first-order valence-electron chi connectivity index (χ1n) is 8.97. The third-order valence-corrected chi connectivity index (χ3v) is 4.96. The Bertz CT molecular complexity index is 760. The molecule has 2 aromatic heterocycles. The predicted octanol–water partition coefficient (Wildman–Crippen LogP) is 2.29. The van der Waals surface area contributed by atoms with Crippen molar-refractivity contribution in [3.63, 3.8) is 0 Å². The molecule has 1 saturated carbocycles. The van der Waals surface area contributed by atoms with Crippen molar-refractivity contribution < 1.29 is 4.74 Å². The molecule has 3 heterocycles. The molecule has 2 aliphatic rings. The standard InChI is InChI=1S/C19H23N5O/c20-6-9-25-14-18-17-13-23(11-16-2-1-7-21-10-16)8-5-19(17)24(22-18)12-15-3-4-15/h1-2,7,10,15H,3-5,8-9,11-14H2. The van der Waals surface area contributed by atoms with Gasteiger partial charge in [0, 0.05) is 56.3 Å². The van der Waals surface area contributed by atoms with E-state index in [4.69, 9.17) is 15.1 Å². The zero-order valence-corrected chi connectivity index (χ0v) is 14.4. The quantitative estimate of drug-likeness (QED) is 0.725. The lowest BCUT2D eigenvalue weighted by molar-refractivity contribution is 0.146. The first-order valence-corrected chi connectivity index (χ1v) is 8.97. The third kappa shape index (κ3) is 3.89. The smallest absolute Gasteiger partial charge is 0.134 e. The molecule has 2 aromatic rings. The van der Waals surface area contributed by atoms with E-state index in [9.17, 15) is 0 Å². The van der Waals surface area contributed by atoms with E-state index in [0.29, 0.717) is 6.61 Å². The highest BCUT2D eigenvalue weighted by molar-refractivity contribution is 5.29. The number of nitriles is 1. The minimum Gasteiger partial charge on any atom is -0.360 e. The van der Waals surface area contributed by atoms with E-state index in [-0.39, 0.29) is 6.61 Å². The highest BCUT2D eigenvalue weighted by Crippen LogP contribution is 2.33. The Hall–Kier alpha value is -2.23. The highest BCUT2D eigenvalue weighted by Gasteiger charge is 2.28. The van der Waals surface area contributed by atoms with Crippen LogP contribution in [0.2, 0.25) is 0 Å². The fourth-order valence-corrected chi connectivity index (χ4v) is 3.51. The van der Waals surface area contributed by atoms with Gasteiger partial charge < -0.3 is 4.74 Å². The van der Waals surface area contributed by atoms with Crippen LogP contribution in [0.4, 0.5) is 0 Å². The maximum atomic E-state index is 8.71. The second kappa shape index (κ2) is 7.34. The van der Waals surface area contributed by atoms with Crippen LogP contribution < -0.4 is 0 Å². The number of aromatic nitrogens is 3. The average Bonchev–Trinajstić information content (AvgIpc) is 3.39. The second-order valence-corrected chi connectivity index (χ2v) is 6.97. The van der Waals surface area contributed by atoms with Crippen LogP contribution >= 0.6 is 0 Å². The fourth-order valence-electron chi connectivity index (χ4n) is 3.51. The van der Waals surface area contributed by atoms with Gasteiger partial charge in [-0.15, -0.1) is 0 Å². The average molecular weight is 337 g/mol. The van der Waals surface area contributed by atoms with Crippen LogP contribution in [-0.4, -0.2) is 32.8 Å². The van der Waals surface area contributed by atoms with Gasteiger partial charge in [-0.05, 0) is 30.4 Å². The van der Waals surface area contributed by atoms with Gasteiger partial charge in [0.25, 0.3) is 0 Å². The van der Waals surface area contributed by atoms with Crippen molar-refractivity contribution in [2.75, 3.05) is 13.2 Å². The van der Waals surface area contributed by atoms with Crippen molar-refractivity contribution in [1.29, 1.82) is 5.26 Å². The Labute approximate surface area is 148 Å². The van der Waals surface area contributed by atoms with Gasteiger partial charge in [-0.3, -0.25) is 14.6 Å². The number of fused-ring (bicyclic) bond motifs is 1. The molecule has 0 atom stereocenters. The molecule has 0 amide bonds. The van der Waals surface area contributed by atoms with Crippen molar-refractivity contribution in [2.24, 2.45) is 5.92 Å². The van der Waals surface area contributed by atoms with Gasteiger partial charge in [0.05, 0.1) is 18.4 Å². The van der Waals surface area contributed by atoms with Gasteiger partial charge in [-0.2, -0.15) is 10.4 Å². The first kappa shape index (κ1) is 16.2. The molecule has 4 rings (SSSR count). The second-order valence-electron chi connectivity index (χ2n) is 6.97. The lowest BCUT2D eigenvalue weighted by atomic mass is 10.0. The summed E-state index contributed by atoms with van der Waals surface area (Å²) in [5.74, 6) is 0.797. The van der Waals surface area contributed by atoms with E-state index < -0.39 is 0 Å². The normalized spacial score (nSPS) is 17.2. The van der Waals surface area contributed by atoms with Gasteiger partial charge >= 0.3 is 0 Å². The van der Waals surface area contributed by atoms with Gasteiger partial charge in [0.1, 0.15) is 6.61 Å². The Kier molecular flexibility index (Phi) is 4.77. The fraction of sp³-hybridized carbons (Fsp3) is 0.526. The van der Waals surface area contributed by atoms with Crippen LogP contribution in [0.5, 0.6) is 0 Å². The molecule has 0 spiro atoms. The van der Waals surface area contributed by atoms with E-state index in [1.54, 1.807) is 0 Å². The molecular weight excluding hydrogens is 314 g/mol. The molecule has 0 N–H and O–H groups in total. The molecule has 1 aliphatic carbocycles. The van der Waals surface area contributed by atoms with Crippen molar-refractivity contribution in [1.82, 2.24) is 19.7 Å². The number of rotatable bonds is 7. The number of ether oxygens (including phenoxy) is 1. The van der Waals surface area contributed by atoms with Crippen molar-refractivity contribution in [3.05, 3.63) is 47.0 Å². The summed E-state index contributed by atoms with van der Waals surface area (Å²) < 4.78 is 7.66. The predicted molar refractivity (Wildman–Crippen MR) is 92.3 cm³/mol. The monoisotopic (exact) mass is 337 g/mol. The zero-order valence-electron chi connectivity index (χ0n) is 14.4. The first-order chi connectivity index (χ1) is 12.3. The van der Waals surface area contributed by atoms with Crippen LogP contribution in [0, 0.1) is 17.2 Å². The van der Waals surface area contributed by atoms with Gasteiger partial charge in [-0.25, -0.2) is 0 Å². The summed E-state index contributed by atoms with van der Waals surface area (Å²) >= 11 is 0. The summed E-state index contributed by atoms with van der Waals surface area (Å²) in [7, 11) is 0. The number of pyridine rings is 1. The van der Waals surface area contributed by atoms with Gasteiger partial charge in [-0.1, -0.05) is 6.07 Å². The van der Waals surface area contributed by atoms with Crippen molar-refractivity contribution in [2.45, 2.75) is 45.5 Å². The SMILES string of the molecule is N#CCOCc1nn(CC2CC2)c2c1CN(Cc1cccnc1)CC2. The number of hydrogen-bond acceptors (Lipinski definition) is 5. The Morgan fingerprint density at radius 2 is 2.28 bits per heavy atom. The molecule has 6 heteroatoms. The molecule has 0 bridgehead atoms. The molecule has 0 saturated heterocycles.